The van der Waals surface area contributed by atoms with Crippen LogP contribution in [0.1, 0.15) is 34.1 Å². The van der Waals surface area contributed by atoms with Crippen LogP contribution in [-0.4, -0.2) is 29.4 Å². The molecule has 1 amide bonds. The highest BCUT2D eigenvalue weighted by molar-refractivity contribution is 5.80. The number of nitrogens with two attached hydrogens (primary N) is 1. The van der Waals surface area contributed by atoms with E-state index in [0.29, 0.717) is 24.8 Å². The molecule has 0 aromatic heterocycles. The predicted octanol–water partition coefficient (Wildman–Crippen LogP) is 1.23. The first-order valence-electron chi connectivity index (χ1n) is 5.40. The quantitative estimate of drug-likeness (QED) is 0.741. The van der Waals surface area contributed by atoms with Crippen molar-refractivity contribution in [3.63, 3.8) is 0 Å². The second-order valence-electron chi connectivity index (χ2n) is 5.19. The number of carbonyl (C=O) groups excluding carboxylic acids is 1. The molecule has 1 aliphatic heterocycles. The fourth-order valence-electron chi connectivity index (χ4n) is 2.19. The maximum absolute atomic E-state index is 11.8. The van der Waals surface area contributed by atoms with E-state index in [-0.39, 0.29) is 11.4 Å². The maximum atomic E-state index is 11.8. The number of rotatable bonds is 3. The van der Waals surface area contributed by atoms with Gasteiger partial charge in [0.15, 0.2) is 0 Å². The van der Waals surface area contributed by atoms with E-state index < -0.39 is 0 Å². The minimum absolute atomic E-state index is 0.0594. The van der Waals surface area contributed by atoms with Crippen LogP contribution in [0, 0.1) is 11.8 Å². The molecule has 82 valence electrons. The van der Waals surface area contributed by atoms with Gasteiger partial charge in [0.25, 0.3) is 0 Å². The minimum Gasteiger partial charge on any atom is -0.337 e. The second-order valence-corrected chi connectivity index (χ2v) is 5.19. The molecule has 2 N–H and O–H groups in total. The summed E-state index contributed by atoms with van der Waals surface area (Å²) >= 11 is 0. The molecule has 0 aliphatic carbocycles. The highest BCUT2D eigenvalue weighted by atomic mass is 16.2. The third kappa shape index (κ3) is 1.92. The van der Waals surface area contributed by atoms with Gasteiger partial charge in [-0.2, -0.15) is 0 Å². The molecule has 1 aliphatic rings. The van der Waals surface area contributed by atoms with Gasteiger partial charge in [0.2, 0.25) is 5.91 Å². The smallest absolute Gasteiger partial charge is 0.223 e. The van der Waals surface area contributed by atoms with Gasteiger partial charge in [0, 0.05) is 24.4 Å². The van der Waals surface area contributed by atoms with E-state index >= 15 is 0 Å². The van der Waals surface area contributed by atoms with Gasteiger partial charge in [0.1, 0.15) is 0 Å². The molecule has 0 bridgehead atoms. The first kappa shape index (κ1) is 11.5. The van der Waals surface area contributed by atoms with Crippen LogP contribution in [0.25, 0.3) is 0 Å². The van der Waals surface area contributed by atoms with Gasteiger partial charge >= 0.3 is 0 Å². The van der Waals surface area contributed by atoms with E-state index in [9.17, 15) is 4.79 Å². The Kier molecular flexibility index (Phi) is 3.20. The summed E-state index contributed by atoms with van der Waals surface area (Å²) in [5.41, 5.74) is 5.63. The van der Waals surface area contributed by atoms with Crippen LogP contribution in [-0.2, 0) is 4.79 Å². The van der Waals surface area contributed by atoms with Gasteiger partial charge in [0.05, 0.1) is 0 Å². The van der Waals surface area contributed by atoms with E-state index in [1.165, 1.54) is 0 Å². The van der Waals surface area contributed by atoms with Gasteiger partial charge in [-0.15, -0.1) is 0 Å². The van der Waals surface area contributed by atoms with Gasteiger partial charge in [-0.05, 0) is 26.3 Å². The van der Waals surface area contributed by atoms with Crippen LogP contribution < -0.4 is 5.73 Å². The van der Waals surface area contributed by atoms with E-state index in [1.54, 1.807) is 0 Å². The van der Waals surface area contributed by atoms with Gasteiger partial charge in [-0.3, -0.25) is 4.79 Å². The number of hydrogen-bond donors (Lipinski definition) is 1. The Labute approximate surface area is 86.6 Å². The molecule has 1 rings (SSSR count). The molecule has 14 heavy (non-hydrogen) atoms. The molecule has 0 aromatic carbocycles. The van der Waals surface area contributed by atoms with Crippen LogP contribution >= 0.6 is 0 Å². The molecule has 1 saturated heterocycles. The largest absolute Gasteiger partial charge is 0.337 e. The van der Waals surface area contributed by atoms with Crippen LogP contribution in [0.3, 0.4) is 0 Å². The summed E-state index contributed by atoms with van der Waals surface area (Å²) in [5.74, 6) is 1.10. The normalized spacial score (nSPS) is 26.3. The first-order valence-corrected chi connectivity index (χ1v) is 5.40. The first-order chi connectivity index (χ1) is 6.39. The number of hydrogen-bond acceptors (Lipinski definition) is 2. The van der Waals surface area contributed by atoms with Crippen LogP contribution in [0.2, 0.25) is 0 Å². The lowest BCUT2D eigenvalue weighted by Crippen LogP contribution is -2.47. The van der Waals surface area contributed by atoms with Crippen molar-refractivity contribution in [1.29, 1.82) is 0 Å². The Bertz CT molecular complexity index is 223. The van der Waals surface area contributed by atoms with Crippen molar-refractivity contribution < 1.29 is 4.79 Å². The Morgan fingerprint density at radius 3 is 2.50 bits per heavy atom. The zero-order chi connectivity index (χ0) is 10.9. The lowest BCUT2D eigenvalue weighted by Gasteiger charge is -2.36. The zero-order valence-corrected chi connectivity index (χ0v) is 9.71. The fourth-order valence-corrected chi connectivity index (χ4v) is 2.19. The maximum Gasteiger partial charge on any atom is 0.223 e. The van der Waals surface area contributed by atoms with Gasteiger partial charge < -0.3 is 10.6 Å². The topological polar surface area (TPSA) is 46.3 Å². The minimum atomic E-state index is -0.0594. The van der Waals surface area contributed by atoms with Crippen molar-refractivity contribution in [3.05, 3.63) is 0 Å². The number of amides is 1. The highest BCUT2D eigenvalue weighted by Crippen LogP contribution is 2.35. The van der Waals surface area contributed by atoms with Crippen LogP contribution in [0.5, 0.6) is 0 Å². The van der Waals surface area contributed by atoms with E-state index in [2.05, 4.69) is 27.7 Å². The predicted molar refractivity (Wildman–Crippen MR) is 57.8 cm³/mol. The summed E-state index contributed by atoms with van der Waals surface area (Å²) in [4.78, 5) is 13.8. The number of carbonyl (C=O) groups is 1. The third-order valence-electron chi connectivity index (χ3n) is 3.25. The summed E-state index contributed by atoms with van der Waals surface area (Å²) in [6.07, 6.45) is 0.621. The molecule has 1 fully saturated rings. The summed E-state index contributed by atoms with van der Waals surface area (Å²) in [6, 6.07) is 0. The van der Waals surface area contributed by atoms with Crippen LogP contribution in [0.15, 0.2) is 0 Å². The van der Waals surface area contributed by atoms with E-state index in [1.807, 2.05) is 4.90 Å². The molecule has 3 heteroatoms. The fraction of sp³-hybridized carbons (Fsp3) is 0.909. The lowest BCUT2D eigenvalue weighted by molar-refractivity contribution is -0.131. The Balaban J connectivity index is 2.79. The van der Waals surface area contributed by atoms with Crippen molar-refractivity contribution in [2.75, 3.05) is 13.1 Å². The van der Waals surface area contributed by atoms with Crippen molar-refractivity contribution in [3.8, 4) is 0 Å². The van der Waals surface area contributed by atoms with Gasteiger partial charge in [-0.25, -0.2) is 0 Å². The highest BCUT2D eigenvalue weighted by Gasteiger charge is 2.45. The molecular weight excluding hydrogens is 176 g/mol. The average Bonchev–Trinajstić information content (AvgIpc) is 2.27. The van der Waals surface area contributed by atoms with Crippen molar-refractivity contribution in [2.24, 2.45) is 17.6 Å². The SMILES string of the molecule is CC(C)CN1C(=O)CC(CN)C1(C)C. The van der Waals surface area contributed by atoms with Crippen LogP contribution in [0.4, 0.5) is 0 Å². The monoisotopic (exact) mass is 198 g/mol. The molecular formula is C11H22N2O. The Morgan fingerprint density at radius 2 is 2.14 bits per heavy atom. The van der Waals surface area contributed by atoms with Crippen molar-refractivity contribution in [1.82, 2.24) is 4.90 Å². The molecule has 3 nitrogen and oxygen atoms in total. The number of likely N-dealkylation sites (tertiary alicyclic amines) is 1. The second kappa shape index (κ2) is 3.89. The molecule has 1 atom stereocenters. The lowest BCUT2D eigenvalue weighted by atomic mass is 9.88. The van der Waals surface area contributed by atoms with Crippen molar-refractivity contribution in [2.45, 2.75) is 39.7 Å². The molecule has 0 aromatic rings. The molecule has 0 saturated carbocycles. The standard InChI is InChI=1S/C11H22N2O/c1-8(2)7-13-10(14)5-9(6-12)11(13,3)4/h8-9H,5-7,12H2,1-4H3. The van der Waals surface area contributed by atoms with Crippen molar-refractivity contribution >= 4 is 5.91 Å². The van der Waals surface area contributed by atoms with Gasteiger partial charge in [-0.1, -0.05) is 13.8 Å². The Morgan fingerprint density at radius 1 is 1.57 bits per heavy atom. The summed E-state index contributed by atoms with van der Waals surface area (Å²) in [5, 5.41) is 0. The average molecular weight is 198 g/mol. The zero-order valence-electron chi connectivity index (χ0n) is 9.71. The van der Waals surface area contributed by atoms with E-state index in [4.69, 9.17) is 5.73 Å². The van der Waals surface area contributed by atoms with E-state index in [0.717, 1.165) is 6.54 Å². The molecule has 0 radical (unpaired) electrons. The molecule has 1 unspecified atom stereocenters. The molecule has 1 heterocycles. The Hall–Kier alpha value is -0.570. The number of nitrogens with zero attached hydrogens (tertiary/aromatic N) is 1. The summed E-state index contributed by atoms with van der Waals surface area (Å²) in [7, 11) is 0. The molecule has 0 spiro atoms. The summed E-state index contributed by atoms with van der Waals surface area (Å²) < 4.78 is 0. The third-order valence-corrected chi connectivity index (χ3v) is 3.25. The summed E-state index contributed by atoms with van der Waals surface area (Å²) in [6.45, 7) is 9.98.